The van der Waals surface area contributed by atoms with E-state index in [-0.39, 0.29) is 0 Å². The Bertz CT molecular complexity index is 3720. The molecule has 0 atom stereocenters. The van der Waals surface area contributed by atoms with Crippen molar-refractivity contribution in [2.45, 2.75) is 5.41 Å². The Hall–Kier alpha value is -9.39. The summed E-state index contributed by atoms with van der Waals surface area (Å²) in [4.78, 5) is 19.2. The van der Waals surface area contributed by atoms with E-state index in [9.17, 15) is 0 Å². The summed E-state index contributed by atoms with van der Waals surface area (Å²) in [5.41, 5.74) is 18.8. The van der Waals surface area contributed by atoms with Gasteiger partial charge in [-0.2, -0.15) is 0 Å². The molecule has 0 radical (unpaired) electrons. The summed E-state index contributed by atoms with van der Waals surface area (Å²) in [6.45, 7) is 0. The van der Waals surface area contributed by atoms with Gasteiger partial charge < -0.3 is 4.90 Å². The standard InChI is InChI=1S/C64H42N6/c1-5-17-54-50(13-1)51-14-2-6-18-55(51)64(54)56-19-7-11-23-60(56)70(61-24-12-8-20-57(61)64)63-42-49(41-62(67-63)69-58-21-9-3-15-52(58)53-16-4-10-22-59(53)69)68(47-29-25-43(26-30-47)45-33-37-65-38-34-45)48-31-27-44(28-32-48)46-35-39-66-40-36-46/h1-42H. The lowest BCUT2D eigenvalue weighted by atomic mass is 9.65. The highest BCUT2D eigenvalue weighted by molar-refractivity contribution is 6.09. The van der Waals surface area contributed by atoms with Gasteiger partial charge in [-0.15, -0.1) is 0 Å². The Labute approximate surface area is 405 Å². The molecule has 14 rings (SSSR count). The van der Waals surface area contributed by atoms with E-state index < -0.39 is 5.41 Å². The van der Waals surface area contributed by atoms with Crippen LogP contribution in [0.15, 0.2) is 255 Å². The molecule has 328 valence electrons. The lowest BCUT2D eigenvalue weighted by Gasteiger charge is -2.44. The fourth-order valence-electron chi connectivity index (χ4n) is 11.5. The van der Waals surface area contributed by atoms with Crippen LogP contribution in [-0.2, 0) is 5.41 Å². The first kappa shape index (κ1) is 39.7. The molecule has 0 unspecified atom stereocenters. The van der Waals surface area contributed by atoms with Crippen molar-refractivity contribution < 1.29 is 0 Å². The summed E-state index contributed by atoms with van der Waals surface area (Å²) in [7, 11) is 0. The molecule has 4 aromatic heterocycles. The number of hydrogen-bond acceptors (Lipinski definition) is 5. The molecular weight excluding hydrogens is 853 g/mol. The third-order valence-electron chi connectivity index (χ3n) is 14.4. The number of anilines is 6. The van der Waals surface area contributed by atoms with E-state index in [1.54, 1.807) is 0 Å². The molecule has 70 heavy (non-hydrogen) atoms. The van der Waals surface area contributed by atoms with Gasteiger partial charge in [-0.1, -0.05) is 146 Å². The second kappa shape index (κ2) is 15.9. The number of pyridine rings is 3. The van der Waals surface area contributed by atoms with Gasteiger partial charge in [0, 0.05) is 59.1 Å². The predicted molar refractivity (Wildman–Crippen MR) is 285 cm³/mol. The average molecular weight is 895 g/mol. The van der Waals surface area contributed by atoms with Crippen molar-refractivity contribution in [3.63, 3.8) is 0 Å². The van der Waals surface area contributed by atoms with Crippen LogP contribution in [0, 0.1) is 0 Å². The van der Waals surface area contributed by atoms with E-state index >= 15 is 0 Å². The van der Waals surface area contributed by atoms with Gasteiger partial charge >= 0.3 is 0 Å². The third-order valence-corrected chi connectivity index (χ3v) is 14.4. The topological polar surface area (TPSA) is 50.1 Å². The first-order valence-corrected chi connectivity index (χ1v) is 23.7. The van der Waals surface area contributed by atoms with Crippen molar-refractivity contribution in [2.75, 3.05) is 9.80 Å². The largest absolute Gasteiger partial charge is 0.310 e. The van der Waals surface area contributed by atoms with Gasteiger partial charge in [-0.25, -0.2) is 4.98 Å². The van der Waals surface area contributed by atoms with Gasteiger partial charge in [0.2, 0.25) is 0 Å². The Morgan fingerprint density at radius 2 is 0.743 bits per heavy atom. The van der Waals surface area contributed by atoms with Crippen LogP contribution in [-0.4, -0.2) is 19.5 Å². The van der Waals surface area contributed by atoms with Crippen molar-refractivity contribution in [1.29, 1.82) is 0 Å². The molecular formula is C64H42N6. The van der Waals surface area contributed by atoms with Crippen LogP contribution >= 0.6 is 0 Å². The Morgan fingerprint density at radius 1 is 0.343 bits per heavy atom. The monoisotopic (exact) mass is 894 g/mol. The van der Waals surface area contributed by atoms with Crippen LogP contribution in [0.2, 0.25) is 0 Å². The Balaban J connectivity index is 1.05. The van der Waals surface area contributed by atoms with Crippen LogP contribution in [0.5, 0.6) is 0 Å². The van der Waals surface area contributed by atoms with Gasteiger partial charge in [0.05, 0.1) is 33.5 Å². The number of aromatic nitrogens is 4. The molecule has 0 amide bonds. The van der Waals surface area contributed by atoms with Crippen LogP contribution < -0.4 is 9.80 Å². The molecule has 0 saturated carbocycles. The number of para-hydroxylation sites is 4. The number of nitrogens with zero attached hydrogens (tertiary/aromatic N) is 6. The van der Waals surface area contributed by atoms with E-state index in [4.69, 9.17) is 4.98 Å². The minimum Gasteiger partial charge on any atom is -0.310 e. The zero-order chi connectivity index (χ0) is 46.2. The molecule has 0 saturated heterocycles. The second-order valence-electron chi connectivity index (χ2n) is 18.0. The first-order chi connectivity index (χ1) is 34.7. The highest BCUT2D eigenvalue weighted by Crippen LogP contribution is 2.63. The lowest BCUT2D eigenvalue weighted by molar-refractivity contribution is 0.751. The van der Waals surface area contributed by atoms with Gasteiger partial charge in [0.15, 0.2) is 0 Å². The maximum Gasteiger partial charge on any atom is 0.142 e. The second-order valence-corrected chi connectivity index (χ2v) is 18.0. The highest BCUT2D eigenvalue weighted by atomic mass is 15.2. The number of benzene rings is 8. The molecule has 1 spiro atoms. The molecule has 8 aromatic carbocycles. The van der Waals surface area contributed by atoms with E-state index in [1.807, 2.05) is 24.8 Å². The zero-order valence-electron chi connectivity index (χ0n) is 37.9. The summed E-state index contributed by atoms with van der Waals surface area (Å²) in [5.74, 6) is 1.61. The summed E-state index contributed by atoms with van der Waals surface area (Å²) in [6, 6.07) is 83.6. The number of fused-ring (bicyclic) bond motifs is 12. The van der Waals surface area contributed by atoms with Crippen molar-refractivity contribution in [1.82, 2.24) is 19.5 Å². The Kier molecular flexibility index (Phi) is 9.01. The fourth-order valence-corrected chi connectivity index (χ4v) is 11.5. The normalized spacial score (nSPS) is 12.9. The number of hydrogen-bond donors (Lipinski definition) is 0. The number of rotatable bonds is 7. The van der Waals surface area contributed by atoms with Crippen molar-refractivity contribution in [3.8, 4) is 39.2 Å². The predicted octanol–water partition coefficient (Wildman–Crippen LogP) is 15.9. The minimum absolute atomic E-state index is 0.552. The first-order valence-electron chi connectivity index (χ1n) is 23.7. The quantitative estimate of drug-likeness (QED) is 0.160. The molecule has 0 bridgehead atoms. The van der Waals surface area contributed by atoms with Crippen molar-refractivity contribution in [3.05, 3.63) is 278 Å². The lowest BCUT2D eigenvalue weighted by Crippen LogP contribution is -2.36. The third kappa shape index (κ3) is 5.96. The van der Waals surface area contributed by atoms with Gasteiger partial charge in [-0.05, 0) is 128 Å². The molecule has 1 aliphatic carbocycles. The van der Waals surface area contributed by atoms with Gasteiger partial charge in [-0.3, -0.25) is 19.4 Å². The maximum absolute atomic E-state index is 5.83. The van der Waals surface area contributed by atoms with E-state index in [0.29, 0.717) is 0 Å². The summed E-state index contributed by atoms with van der Waals surface area (Å²) in [5, 5.41) is 2.35. The SMILES string of the molecule is c1ccc2c(c1)-c1ccccc1C21c2ccccc2N(c2cc(N(c3ccc(-c4ccncc4)cc3)c3ccc(-c4ccncc4)cc3)cc(-n3c4ccccc4c4ccccc43)n2)c2ccccc21. The van der Waals surface area contributed by atoms with Gasteiger partial charge in [0.1, 0.15) is 11.6 Å². The molecule has 1 aliphatic heterocycles. The van der Waals surface area contributed by atoms with Crippen molar-refractivity contribution in [2.24, 2.45) is 0 Å². The van der Waals surface area contributed by atoms with E-state index in [1.165, 1.54) is 44.2 Å². The smallest absolute Gasteiger partial charge is 0.142 e. The van der Waals surface area contributed by atoms with Crippen LogP contribution in [0.4, 0.5) is 34.3 Å². The Morgan fingerprint density at radius 3 is 1.24 bits per heavy atom. The fraction of sp³-hybridized carbons (Fsp3) is 0.0156. The van der Waals surface area contributed by atoms with E-state index in [0.717, 1.165) is 73.4 Å². The molecule has 2 aliphatic rings. The summed E-state index contributed by atoms with van der Waals surface area (Å²) in [6.07, 6.45) is 7.38. The van der Waals surface area contributed by atoms with Crippen molar-refractivity contribution >= 4 is 56.1 Å². The van der Waals surface area contributed by atoms with Crippen LogP contribution in [0.25, 0.3) is 61.0 Å². The molecule has 6 heteroatoms. The summed E-state index contributed by atoms with van der Waals surface area (Å²) < 4.78 is 2.33. The summed E-state index contributed by atoms with van der Waals surface area (Å²) >= 11 is 0. The van der Waals surface area contributed by atoms with Gasteiger partial charge in [0.25, 0.3) is 0 Å². The molecule has 5 heterocycles. The average Bonchev–Trinajstić information content (AvgIpc) is 3.93. The molecule has 0 N–H and O–H groups in total. The molecule has 6 nitrogen and oxygen atoms in total. The van der Waals surface area contributed by atoms with E-state index in [2.05, 4.69) is 255 Å². The highest BCUT2D eigenvalue weighted by Gasteiger charge is 2.51. The maximum atomic E-state index is 5.83. The molecule has 0 fully saturated rings. The minimum atomic E-state index is -0.552. The molecule has 12 aromatic rings. The van der Waals surface area contributed by atoms with Crippen LogP contribution in [0.1, 0.15) is 22.3 Å². The van der Waals surface area contributed by atoms with Crippen LogP contribution in [0.3, 0.4) is 0 Å². The zero-order valence-corrected chi connectivity index (χ0v) is 37.9.